The van der Waals surface area contributed by atoms with Crippen LogP contribution in [0.2, 0.25) is 0 Å². The molecule has 0 spiro atoms. The second-order valence-electron chi connectivity index (χ2n) is 5.55. The number of hydrogen-bond acceptors (Lipinski definition) is 4. The van der Waals surface area contributed by atoms with E-state index in [0.29, 0.717) is 13.1 Å². The fraction of sp³-hybridized carbons (Fsp3) is 0.667. The number of rotatable bonds is 6. The van der Waals surface area contributed by atoms with Crippen LogP contribution in [0.1, 0.15) is 25.5 Å². The molecular weight excluding hydrogens is 316 g/mol. The number of piperidine rings is 1. The van der Waals surface area contributed by atoms with Crippen LogP contribution >= 0.6 is 0 Å². The van der Waals surface area contributed by atoms with Crippen LogP contribution in [-0.2, 0) is 16.4 Å². The number of nitrogens with zero attached hydrogens (tertiary/aromatic N) is 2. The molecule has 130 valence electrons. The summed E-state index contributed by atoms with van der Waals surface area (Å²) in [5.41, 5.74) is 0. The van der Waals surface area contributed by atoms with Gasteiger partial charge < -0.3 is 15.1 Å². The SMILES string of the molecule is CCS(=O)(=O)N1CCC(NC(=NC)NCCc2ccco2)CC1. The fourth-order valence-corrected chi connectivity index (χ4v) is 3.74. The normalized spacial score (nSPS) is 18.1. The predicted octanol–water partition coefficient (Wildman–Crippen LogP) is 0.801. The minimum atomic E-state index is -3.07. The molecule has 2 rings (SSSR count). The largest absolute Gasteiger partial charge is 0.469 e. The van der Waals surface area contributed by atoms with Crippen molar-refractivity contribution in [3.8, 4) is 0 Å². The quantitative estimate of drug-likeness (QED) is 0.590. The third kappa shape index (κ3) is 5.24. The van der Waals surface area contributed by atoms with E-state index in [1.165, 1.54) is 0 Å². The molecule has 1 aromatic heterocycles. The molecule has 2 N–H and O–H groups in total. The van der Waals surface area contributed by atoms with Crippen LogP contribution in [0.5, 0.6) is 0 Å². The van der Waals surface area contributed by atoms with Gasteiger partial charge in [0.15, 0.2) is 5.96 Å². The summed E-state index contributed by atoms with van der Waals surface area (Å²) in [5, 5.41) is 6.62. The van der Waals surface area contributed by atoms with Crippen LogP contribution in [0.25, 0.3) is 0 Å². The molecule has 23 heavy (non-hydrogen) atoms. The number of guanidine groups is 1. The molecule has 0 aromatic carbocycles. The first kappa shape index (κ1) is 17.8. The van der Waals surface area contributed by atoms with Gasteiger partial charge in [0.05, 0.1) is 12.0 Å². The lowest BCUT2D eigenvalue weighted by atomic mass is 10.1. The fourth-order valence-electron chi connectivity index (χ4n) is 2.61. The van der Waals surface area contributed by atoms with Crippen LogP contribution in [0.15, 0.2) is 27.8 Å². The van der Waals surface area contributed by atoms with Gasteiger partial charge in [0, 0.05) is 39.1 Å². The number of furan rings is 1. The highest BCUT2D eigenvalue weighted by Gasteiger charge is 2.26. The van der Waals surface area contributed by atoms with E-state index < -0.39 is 10.0 Å². The van der Waals surface area contributed by atoms with Crippen molar-refractivity contribution in [1.29, 1.82) is 0 Å². The standard InChI is InChI=1S/C15H26N4O3S/c1-3-23(20,21)19-10-7-13(8-11-19)18-15(16-2)17-9-6-14-5-4-12-22-14/h4-5,12-13H,3,6-11H2,1-2H3,(H2,16,17,18). The maximum atomic E-state index is 11.9. The zero-order chi connectivity index (χ0) is 16.7. The van der Waals surface area contributed by atoms with Crippen LogP contribution in [-0.4, -0.2) is 57.2 Å². The summed E-state index contributed by atoms with van der Waals surface area (Å²) in [4.78, 5) is 4.22. The Labute approximate surface area is 138 Å². The Kier molecular flexibility index (Phi) is 6.47. The highest BCUT2D eigenvalue weighted by Crippen LogP contribution is 2.14. The molecule has 1 saturated heterocycles. The van der Waals surface area contributed by atoms with Crippen molar-refractivity contribution in [3.63, 3.8) is 0 Å². The molecule has 1 aromatic rings. The predicted molar refractivity (Wildman–Crippen MR) is 91.0 cm³/mol. The molecule has 0 unspecified atom stereocenters. The van der Waals surface area contributed by atoms with Gasteiger partial charge in [0.25, 0.3) is 0 Å². The van der Waals surface area contributed by atoms with Crippen LogP contribution in [0, 0.1) is 0 Å². The third-order valence-electron chi connectivity index (χ3n) is 4.02. The lowest BCUT2D eigenvalue weighted by molar-refractivity contribution is 0.306. The van der Waals surface area contributed by atoms with Crippen molar-refractivity contribution in [2.24, 2.45) is 4.99 Å². The van der Waals surface area contributed by atoms with Crippen molar-refractivity contribution >= 4 is 16.0 Å². The first-order valence-electron chi connectivity index (χ1n) is 8.02. The van der Waals surface area contributed by atoms with Gasteiger partial charge >= 0.3 is 0 Å². The minimum Gasteiger partial charge on any atom is -0.469 e. The number of nitrogens with one attached hydrogen (secondary N) is 2. The van der Waals surface area contributed by atoms with E-state index in [2.05, 4.69) is 15.6 Å². The summed E-state index contributed by atoms with van der Waals surface area (Å²) < 4.78 is 30.6. The molecular formula is C15H26N4O3S. The molecule has 1 aliphatic heterocycles. The molecule has 0 bridgehead atoms. The summed E-state index contributed by atoms with van der Waals surface area (Å²) in [6.07, 6.45) is 4.04. The maximum absolute atomic E-state index is 11.9. The van der Waals surface area contributed by atoms with Gasteiger partial charge in [-0.3, -0.25) is 4.99 Å². The van der Waals surface area contributed by atoms with Gasteiger partial charge in [0.1, 0.15) is 5.76 Å². The highest BCUT2D eigenvalue weighted by molar-refractivity contribution is 7.89. The molecule has 0 aliphatic carbocycles. The van der Waals surface area contributed by atoms with E-state index in [1.807, 2.05) is 12.1 Å². The summed E-state index contributed by atoms with van der Waals surface area (Å²) in [5.74, 6) is 1.85. The topological polar surface area (TPSA) is 86.9 Å². The Morgan fingerprint density at radius 1 is 1.43 bits per heavy atom. The van der Waals surface area contributed by atoms with Crippen LogP contribution < -0.4 is 10.6 Å². The van der Waals surface area contributed by atoms with Gasteiger partial charge in [-0.25, -0.2) is 12.7 Å². The average Bonchev–Trinajstić information content (AvgIpc) is 3.07. The van der Waals surface area contributed by atoms with Crippen LogP contribution in [0.3, 0.4) is 0 Å². The van der Waals surface area contributed by atoms with Crippen molar-refractivity contribution in [3.05, 3.63) is 24.2 Å². The monoisotopic (exact) mass is 342 g/mol. The summed E-state index contributed by atoms with van der Waals surface area (Å²) in [6, 6.07) is 4.07. The van der Waals surface area contributed by atoms with Gasteiger partial charge in [-0.2, -0.15) is 0 Å². The second-order valence-corrected chi connectivity index (χ2v) is 7.80. The maximum Gasteiger partial charge on any atom is 0.213 e. The van der Waals surface area contributed by atoms with Gasteiger partial charge in [0.2, 0.25) is 10.0 Å². The molecule has 2 heterocycles. The minimum absolute atomic E-state index is 0.168. The lowest BCUT2D eigenvalue weighted by Crippen LogP contribution is -2.50. The third-order valence-corrected chi connectivity index (χ3v) is 5.90. The highest BCUT2D eigenvalue weighted by atomic mass is 32.2. The van der Waals surface area contributed by atoms with Crippen molar-refractivity contribution in [2.75, 3.05) is 32.4 Å². The van der Waals surface area contributed by atoms with E-state index in [4.69, 9.17) is 4.42 Å². The number of aliphatic imine (C=N–C) groups is 1. The average molecular weight is 342 g/mol. The summed E-state index contributed by atoms with van der Waals surface area (Å²) in [7, 11) is -1.33. The molecule has 1 fully saturated rings. The second kappa shape index (κ2) is 8.35. The van der Waals surface area contributed by atoms with E-state index >= 15 is 0 Å². The van der Waals surface area contributed by atoms with E-state index in [-0.39, 0.29) is 11.8 Å². The summed E-state index contributed by atoms with van der Waals surface area (Å²) >= 11 is 0. The smallest absolute Gasteiger partial charge is 0.213 e. The molecule has 0 saturated carbocycles. The zero-order valence-electron chi connectivity index (χ0n) is 13.8. The number of hydrogen-bond donors (Lipinski definition) is 2. The Morgan fingerprint density at radius 3 is 2.74 bits per heavy atom. The Bertz CT molecular complexity index is 590. The van der Waals surface area contributed by atoms with Gasteiger partial charge in [-0.05, 0) is 31.9 Å². The molecule has 0 radical (unpaired) electrons. The Balaban J connectivity index is 1.73. The van der Waals surface area contributed by atoms with Gasteiger partial charge in [-0.15, -0.1) is 0 Å². The zero-order valence-corrected chi connectivity index (χ0v) is 14.6. The molecule has 0 atom stereocenters. The number of sulfonamides is 1. The molecule has 8 heteroatoms. The Morgan fingerprint density at radius 2 is 2.17 bits per heavy atom. The van der Waals surface area contributed by atoms with Crippen molar-refractivity contribution in [2.45, 2.75) is 32.2 Å². The van der Waals surface area contributed by atoms with Crippen LogP contribution in [0.4, 0.5) is 0 Å². The van der Waals surface area contributed by atoms with Gasteiger partial charge in [-0.1, -0.05) is 0 Å². The van der Waals surface area contributed by atoms with E-state index in [0.717, 1.165) is 37.5 Å². The summed E-state index contributed by atoms with van der Waals surface area (Å²) in [6.45, 7) is 3.55. The molecule has 7 nitrogen and oxygen atoms in total. The van der Waals surface area contributed by atoms with E-state index in [1.54, 1.807) is 24.5 Å². The Hall–Kier alpha value is -1.54. The first-order valence-corrected chi connectivity index (χ1v) is 9.63. The van der Waals surface area contributed by atoms with E-state index in [9.17, 15) is 8.42 Å². The lowest BCUT2D eigenvalue weighted by Gasteiger charge is -2.32. The molecule has 1 aliphatic rings. The van der Waals surface area contributed by atoms with Crippen molar-refractivity contribution < 1.29 is 12.8 Å². The van der Waals surface area contributed by atoms with Crippen molar-refractivity contribution in [1.82, 2.24) is 14.9 Å². The molecule has 0 amide bonds. The first-order chi connectivity index (χ1) is 11.0.